The predicted molar refractivity (Wildman–Crippen MR) is 65.2 cm³/mol. The van der Waals surface area contributed by atoms with Crippen molar-refractivity contribution >= 4 is 11.6 Å². The van der Waals surface area contributed by atoms with Gasteiger partial charge in [-0.3, -0.25) is 4.79 Å². The number of hydrogen-bond acceptors (Lipinski definition) is 3. The van der Waals surface area contributed by atoms with E-state index < -0.39 is 11.7 Å². The van der Waals surface area contributed by atoms with Crippen LogP contribution in [0.2, 0.25) is 0 Å². The largest absolute Gasteiger partial charge is 0.399 e. The lowest BCUT2D eigenvalue weighted by atomic mass is 10.1. The number of benzene rings is 1. The molecule has 0 aliphatic carbocycles. The fraction of sp³-hybridized carbons (Fsp3) is 0.167. The number of aromatic nitrogens is 2. The molecule has 0 aliphatic rings. The van der Waals surface area contributed by atoms with Crippen LogP contribution in [0.4, 0.5) is 10.1 Å². The number of aromatic amines is 1. The third kappa shape index (κ3) is 2.48. The lowest BCUT2D eigenvalue weighted by Gasteiger charge is -2.16. The number of nitrogens with zero attached hydrogens (tertiary/aromatic N) is 2. The Kier molecular flexibility index (Phi) is 3.27. The van der Waals surface area contributed by atoms with Gasteiger partial charge in [0, 0.05) is 25.1 Å². The number of imidazole rings is 1. The number of nitrogens with two attached hydrogens (primary N) is 1. The lowest BCUT2D eigenvalue weighted by Crippen LogP contribution is -2.27. The van der Waals surface area contributed by atoms with Crippen LogP contribution in [0.1, 0.15) is 16.2 Å². The summed E-state index contributed by atoms with van der Waals surface area (Å²) in [5.74, 6) is -0.392. The van der Waals surface area contributed by atoms with Gasteiger partial charge in [-0.05, 0) is 18.2 Å². The molecule has 0 unspecified atom stereocenters. The van der Waals surface area contributed by atoms with E-state index in [2.05, 4.69) is 9.97 Å². The summed E-state index contributed by atoms with van der Waals surface area (Å²) in [6, 6.07) is 4.01. The molecule has 0 saturated carbocycles. The third-order valence-electron chi connectivity index (χ3n) is 2.51. The summed E-state index contributed by atoms with van der Waals surface area (Å²) in [4.78, 5) is 20.3. The van der Waals surface area contributed by atoms with Crippen LogP contribution in [0.5, 0.6) is 0 Å². The van der Waals surface area contributed by atoms with E-state index in [1.165, 1.54) is 17.0 Å². The van der Waals surface area contributed by atoms with Crippen molar-refractivity contribution in [3.05, 3.63) is 47.8 Å². The molecule has 0 atom stereocenters. The van der Waals surface area contributed by atoms with Crippen molar-refractivity contribution in [1.82, 2.24) is 14.9 Å². The molecule has 2 aromatic rings. The highest BCUT2D eigenvalue weighted by Crippen LogP contribution is 2.14. The van der Waals surface area contributed by atoms with E-state index in [4.69, 9.17) is 5.73 Å². The van der Waals surface area contributed by atoms with Crippen LogP contribution in [-0.4, -0.2) is 27.8 Å². The molecule has 1 aromatic carbocycles. The minimum Gasteiger partial charge on any atom is -0.399 e. The van der Waals surface area contributed by atoms with Gasteiger partial charge in [0.15, 0.2) is 0 Å². The lowest BCUT2D eigenvalue weighted by molar-refractivity contribution is 0.0777. The fourth-order valence-electron chi connectivity index (χ4n) is 1.59. The second-order valence-corrected chi connectivity index (χ2v) is 3.94. The van der Waals surface area contributed by atoms with Gasteiger partial charge in [0.2, 0.25) is 0 Å². The molecule has 0 saturated heterocycles. The van der Waals surface area contributed by atoms with E-state index in [0.717, 1.165) is 6.07 Å². The highest BCUT2D eigenvalue weighted by molar-refractivity contribution is 5.94. The molecular weight excluding hydrogens is 235 g/mol. The number of carbonyl (C=O) groups is 1. The number of anilines is 1. The van der Waals surface area contributed by atoms with Crippen molar-refractivity contribution < 1.29 is 9.18 Å². The number of nitrogen functional groups attached to an aromatic ring is 1. The average Bonchev–Trinajstić information content (AvgIpc) is 2.81. The van der Waals surface area contributed by atoms with Crippen LogP contribution in [-0.2, 0) is 6.54 Å². The second-order valence-electron chi connectivity index (χ2n) is 3.94. The number of halogens is 1. The predicted octanol–water partition coefficient (Wildman–Crippen LogP) is 1.40. The maximum Gasteiger partial charge on any atom is 0.256 e. The van der Waals surface area contributed by atoms with Crippen LogP contribution in [0, 0.1) is 5.82 Å². The molecule has 1 amide bonds. The summed E-state index contributed by atoms with van der Waals surface area (Å²) in [7, 11) is 1.58. The topological polar surface area (TPSA) is 75.0 Å². The van der Waals surface area contributed by atoms with Gasteiger partial charge in [-0.15, -0.1) is 0 Å². The van der Waals surface area contributed by atoms with Gasteiger partial charge >= 0.3 is 0 Å². The summed E-state index contributed by atoms with van der Waals surface area (Å²) in [6.45, 7) is 0.287. The second kappa shape index (κ2) is 4.87. The first-order valence-corrected chi connectivity index (χ1v) is 5.36. The zero-order valence-electron chi connectivity index (χ0n) is 9.85. The Hall–Kier alpha value is -2.37. The molecule has 0 bridgehead atoms. The van der Waals surface area contributed by atoms with Crippen LogP contribution in [0.15, 0.2) is 30.6 Å². The minimum absolute atomic E-state index is 0.00161. The van der Waals surface area contributed by atoms with E-state index in [0.29, 0.717) is 5.82 Å². The SMILES string of the molecule is CN(Cc1ncc[nH]1)C(=O)c1ccc(N)cc1F. The first-order chi connectivity index (χ1) is 8.58. The molecule has 94 valence electrons. The average molecular weight is 248 g/mol. The van der Waals surface area contributed by atoms with Gasteiger partial charge in [-0.1, -0.05) is 0 Å². The highest BCUT2D eigenvalue weighted by Gasteiger charge is 2.17. The van der Waals surface area contributed by atoms with Crippen LogP contribution in [0.3, 0.4) is 0 Å². The molecule has 0 aliphatic heterocycles. The third-order valence-corrected chi connectivity index (χ3v) is 2.51. The van der Waals surface area contributed by atoms with E-state index in [-0.39, 0.29) is 17.8 Å². The monoisotopic (exact) mass is 248 g/mol. The normalized spacial score (nSPS) is 10.3. The van der Waals surface area contributed by atoms with Gasteiger partial charge in [0.05, 0.1) is 12.1 Å². The van der Waals surface area contributed by atoms with Crippen LogP contribution < -0.4 is 5.73 Å². The molecule has 5 nitrogen and oxygen atoms in total. The number of carbonyl (C=O) groups excluding carboxylic acids is 1. The first kappa shape index (κ1) is 12.1. The minimum atomic E-state index is -0.619. The van der Waals surface area contributed by atoms with E-state index in [1.54, 1.807) is 19.4 Å². The Bertz CT molecular complexity index is 553. The zero-order valence-corrected chi connectivity index (χ0v) is 9.85. The smallest absolute Gasteiger partial charge is 0.256 e. The molecule has 0 spiro atoms. The Morgan fingerprint density at radius 3 is 2.94 bits per heavy atom. The van der Waals surface area contributed by atoms with Crippen molar-refractivity contribution in [1.29, 1.82) is 0 Å². The van der Waals surface area contributed by atoms with Gasteiger partial charge in [-0.25, -0.2) is 9.37 Å². The van der Waals surface area contributed by atoms with Crippen LogP contribution >= 0.6 is 0 Å². The molecule has 1 aromatic heterocycles. The summed E-state index contributed by atoms with van der Waals surface area (Å²) < 4.78 is 13.6. The summed E-state index contributed by atoms with van der Waals surface area (Å²) in [6.07, 6.45) is 3.26. The van der Waals surface area contributed by atoms with Gasteiger partial charge < -0.3 is 15.6 Å². The van der Waals surface area contributed by atoms with Crippen molar-refractivity contribution in [3.8, 4) is 0 Å². The summed E-state index contributed by atoms with van der Waals surface area (Å²) in [5.41, 5.74) is 5.72. The first-order valence-electron chi connectivity index (χ1n) is 5.36. The van der Waals surface area contributed by atoms with Crippen molar-refractivity contribution in [2.24, 2.45) is 0 Å². The number of amides is 1. The Morgan fingerprint density at radius 1 is 1.56 bits per heavy atom. The van der Waals surface area contributed by atoms with Gasteiger partial charge in [-0.2, -0.15) is 0 Å². The summed E-state index contributed by atoms with van der Waals surface area (Å²) in [5, 5.41) is 0. The maximum absolute atomic E-state index is 13.6. The molecule has 18 heavy (non-hydrogen) atoms. The summed E-state index contributed by atoms with van der Waals surface area (Å²) >= 11 is 0. The van der Waals surface area contributed by atoms with Gasteiger partial charge in [0.25, 0.3) is 5.91 Å². The maximum atomic E-state index is 13.6. The molecule has 6 heteroatoms. The number of nitrogens with one attached hydrogen (secondary N) is 1. The Labute approximate surface area is 103 Å². The molecule has 0 fully saturated rings. The van der Waals surface area contributed by atoms with E-state index >= 15 is 0 Å². The number of H-pyrrole nitrogens is 1. The number of hydrogen-bond donors (Lipinski definition) is 2. The van der Waals surface area contributed by atoms with Crippen molar-refractivity contribution in [2.75, 3.05) is 12.8 Å². The molecule has 2 rings (SSSR count). The van der Waals surface area contributed by atoms with E-state index in [9.17, 15) is 9.18 Å². The zero-order chi connectivity index (χ0) is 13.1. The fourth-order valence-corrected chi connectivity index (χ4v) is 1.59. The van der Waals surface area contributed by atoms with Crippen molar-refractivity contribution in [3.63, 3.8) is 0 Å². The highest BCUT2D eigenvalue weighted by atomic mass is 19.1. The Morgan fingerprint density at radius 2 is 2.33 bits per heavy atom. The molecule has 3 N–H and O–H groups in total. The molecule has 0 radical (unpaired) electrons. The number of rotatable bonds is 3. The van der Waals surface area contributed by atoms with Crippen LogP contribution in [0.25, 0.3) is 0 Å². The standard InChI is InChI=1S/C12H13FN4O/c1-17(7-11-15-4-5-16-11)12(18)9-3-2-8(14)6-10(9)13/h2-6H,7,14H2,1H3,(H,15,16). The van der Waals surface area contributed by atoms with Gasteiger partial charge in [0.1, 0.15) is 11.6 Å². The molecule has 1 heterocycles. The Balaban J connectivity index is 2.15. The molecular formula is C12H13FN4O. The quantitative estimate of drug-likeness (QED) is 0.806. The van der Waals surface area contributed by atoms with Crippen molar-refractivity contribution in [2.45, 2.75) is 6.54 Å². The van der Waals surface area contributed by atoms with E-state index in [1.807, 2.05) is 0 Å².